The van der Waals surface area contributed by atoms with Crippen LogP contribution in [0.5, 0.6) is 0 Å². The highest BCUT2D eigenvalue weighted by Crippen LogP contribution is 2.39. The summed E-state index contributed by atoms with van der Waals surface area (Å²) in [5.74, 6) is 0.194. The molecule has 5 heterocycles. The molecular formula is C31H30ClN9O2. The summed E-state index contributed by atoms with van der Waals surface area (Å²) in [7, 11) is 1.83. The van der Waals surface area contributed by atoms with Crippen molar-refractivity contribution in [2.75, 3.05) is 5.32 Å². The normalized spacial score (nSPS) is 18.8. The molecule has 1 aliphatic carbocycles. The van der Waals surface area contributed by atoms with E-state index in [2.05, 4.69) is 25.7 Å². The van der Waals surface area contributed by atoms with E-state index in [0.29, 0.717) is 47.1 Å². The molecular weight excluding hydrogens is 566 g/mol. The second kappa shape index (κ2) is 10.9. The fourth-order valence-electron chi connectivity index (χ4n) is 5.75. The summed E-state index contributed by atoms with van der Waals surface area (Å²) in [4.78, 5) is 36.2. The molecule has 2 bridgehead atoms. The molecule has 1 fully saturated rings. The lowest BCUT2D eigenvalue weighted by atomic mass is 9.97. The van der Waals surface area contributed by atoms with Gasteiger partial charge < -0.3 is 5.32 Å². The van der Waals surface area contributed by atoms with E-state index < -0.39 is 0 Å². The van der Waals surface area contributed by atoms with Crippen LogP contribution >= 0.6 is 11.6 Å². The van der Waals surface area contributed by atoms with Gasteiger partial charge in [0.05, 0.1) is 58.9 Å². The maximum absolute atomic E-state index is 13.8. The lowest BCUT2D eigenvalue weighted by Gasteiger charge is -2.22. The molecule has 218 valence electrons. The number of aromatic nitrogens is 8. The molecule has 1 aliphatic heterocycles. The number of hydrogen-bond acceptors (Lipinski definition) is 7. The van der Waals surface area contributed by atoms with Gasteiger partial charge >= 0.3 is 0 Å². The predicted molar refractivity (Wildman–Crippen MR) is 162 cm³/mol. The minimum absolute atomic E-state index is 0.0576. The Kier molecular flexibility index (Phi) is 6.89. The summed E-state index contributed by atoms with van der Waals surface area (Å²) in [6.45, 7) is 1.91. The number of rotatable bonds is 4. The van der Waals surface area contributed by atoms with E-state index in [0.717, 1.165) is 41.2 Å². The first-order valence-electron chi connectivity index (χ1n) is 14.5. The van der Waals surface area contributed by atoms with Crippen molar-refractivity contribution in [3.05, 3.63) is 88.1 Å². The lowest BCUT2D eigenvalue weighted by Crippen LogP contribution is -2.27. The lowest BCUT2D eigenvalue weighted by molar-refractivity contribution is -0.119. The van der Waals surface area contributed by atoms with Crippen molar-refractivity contribution in [1.82, 2.24) is 39.3 Å². The van der Waals surface area contributed by atoms with Crippen LogP contribution in [0.25, 0.3) is 28.2 Å². The van der Waals surface area contributed by atoms with Crippen molar-refractivity contribution in [3.63, 3.8) is 0 Å². The fraction of sp³-hybridized carbons (Fsp3) is 0.323. The Labute approximate surface area is 252 Å². The largest absolute Gasteiger partial charge is 0.323 e. The molecule has 5 aromatic rings. The van der Waals surface area contributed by atoms with Crippen LogP contribution in [0.15, 0.2) is 66.1 Å². The Balaban J connectivity index is 1.29. The average molecular weight is 596 g/mol. The first-order valence-corrected chi connectivity index (χ1v) is 14.8. The van der Waals surface area contributed by atoms with Crippen LogP contribution in [0.2, 0.25) is 5.02 Å². The zero-order valence-corrected chi connectivity index (χ0v) is 24.6. The van der Waals surface area contributed by atoms with Crippen LogP contribution in [-0.4, -0.2) is 45.2 Å². The second-order valence-electron chi connectivity index (χ2n) is 11.4. The summed E-state index contributed by atoms with van der Waals surface area (Å²) in [6, 6.07) is 10.4. The maximum atomic E-state index is 13.8. The van der Waals surface area contributed by atoms with Crippen LogP contribution in [0.3, 0.4) is 0 Å². The third kappa shape index (κ3) is 5.25. The van der Waals surface area contributed by atoms with Crippen molar-refractivity contribution in [3.8, 4) is 28.2 Å². The Morgan fingerprint density at radius 1 is 1.00 bits per heavy atom. The standard InChI is InChI=1S/C31H30ClN9O2/c1-18-4-3-5-28(24-12-20(10-11-33-24)30-25(36-31(18)43)15-35-39(30)2)40-17-34-23(14-29(40)42)22-13-21(32)8-9-27(22)41-16-26(37-38-41)19-6-7-19/h8-19,28H,3-7H2,1-2H3,(H,36,43). The summed E-state index contributed by atoms with van der Waals surface area (Å²) >= 11 is 6.40. The number of carbonyl (C=O) groups is 1. The van der Waals surface area contributed by atoms with Crippen LogP contribution in [0.1, 0.15) is 62.4 Å². The number of benzene rings is 1. The third-order valence-corrected chi connectivity index (χ3v) is 8.55. The van der Waals surface area contributed by atoms with Gasteiger partial charge in [0.15, 0.2) is 0 Å². The van der Waals surface area contributed by atoms with E-state index in [1.807, 2.05) is 38.4 Å². The van der Waals surface area contributed by atoms with Gasteiger partial charge in [-0.25, -0.2) is 9.67 Å². The number of anilines is 1. The number of fused-ring (bicyclic) bond motifs is 4. The van der Waals surface area contributed by atoms with Gasteiger partial charge in [-0.15, -0.1) is 5.10 Å². The number of hydrogen-bond donors (Lipinski definition) is 1. The van der Waals surface area contributed by atoms with Crippen molar-refractivity contribution in [2.45, 2.75) is 51.0 Å². The van der Waals surface area contributed by atoms with Gasteiger partial charge in [-0.3, -0.25) is 23.8 Å². The van der Waals surface area contributed by atoms with Crippen molar-refractivity contribution >= 4 is 23.2 Å². The Hall–Kier alpha value is -4.64. The molecule has 2 aliphatic rings. The Bertz CT molecular complexity index is 1910. The predicted octanol–water partition coefficient (Wildman–Crippen LogP) is 5.17. The smallest absolute Gasteiger partial charge is 0.254 e. The van der Waals surface area contributed by atoms with Gasteiger partial charge in [0.25, 0.3) is 5.56 Å². The number of carbonyl (C=O) groups excluding carboxylic acids is 1. The molecule has 7 rings (SSSR count). The number of aryl methyl sites for hydroxylation is 1. The number of pyridine rings is 1. The highest BCUT2D eigenvalue weighted by molar-refractivity contribution is 6.31. The third-order valence-electron chi connectivity index (χ3n) is 8.31. The average Bonchev–Trinajstić information content (AvgIpc) is 3.62. The van der Waals surface area contributed by atoms with E-state index in [1.165, 1.54) is 6.07 Å². The SMILES string of the molecule is CC1CCCC(n2cnc(-c3cc(Cl)ccc3-n3cc(C4CC4)nn3)cc2=O)c2cc(ccn2)-c2c(cnn2C)NC1=O. The van der Waals surface area contributed by atoms with Crippen LogP contribution in [-0.2, 0) is 11.8 Å². The maximum Gasteiger partial charge on any atom is 0.254 e. The van der Waals surface area contributed by atoms with Crippen LogP contribution < -0.4 is 10.9 Å². The molecule has 1 saturated carbocycles. The van der Waals surface area contributed by atoms with Crippen LogP contribution in [0, 0.1) is 5.92 Å². The van der Waals surface area contributed by atoms with Gasteiger partial charge in [-0.2, -0.15) is 5.10 Å². The van der Waals surface area contributed by atoms with Gasteiger partial charge in [0, 0.05) is 47.3 Å². The molecule has 1 amide bonds. The van der Waals surface area contributed by atoms with Crippen molar-refractivity contribution in [2.24, 2.45) is 13.0 Å². The van der Waals surface area contributed by atoms with E-state index in [1.54, 1.807) is 44.8 Å². The molecule has 12 heteroatoms. The molecule has 4 aromatic heterocycles. The summed E-state index contributed by atoms with van der Waals surface area (Å²) < 4.78 is 5.08. The highest BCUT2D eigenvalue weighted by atomic mass is 35.5. The van der Waals surface area contributed by atoms with E-state index in [-0.39, 0.29) is 23.4 Å². The second-order valence-corrected chi connectivity index (χ2v) is 11.8. The van der Waals surface area contributed by atoms with Gasteiger partial charge in [-0.05, 0) is 56.0 Å². The van der Waals surface area contributed by atoms with E-state index in [4.69, 9.17) is 16.6 Å². The monoisotopic (exact) mass is 595 g/mol. The molecule has 1 N–H and O–H groups in total. The number of nitrogens with zero attached hydrogens (tertiary/aromatic N) is 8. The topological polar surface area (TPSA) is 125 Å². The molecule has 2 atom stereocenters. The van der Waals surface area contributed by atoms with E-state index in [9.17, 15) is 9.59 Å². The molecule has 0 radical (unpaired) electrons. The zero-order valence-electron chi connectivity index (χ0n) is 23.8. The first-order chi connectivity index (χ1) is 20.9. The van der Waals surface area contributed by atoms with Crippen molar-refractivity contribution in [1.29, 1.82) is 0 Å². The molecule has 0 spiro atoms. The molecule has 2 unspecified atom stereocenters. The summed E-state index contributed by atoms with van der Waals surface area (Å²) in [6.07, 6.45) is 11.1. The minimum Gasteiger partial charge on any atom is -0.323 e. The summed E-state index contributed by atoms with van der Waals surface area (Å²) in [5, 5.41) is 16.6. The van der Waals surface area contributed by atoms with Crippen molar-refractivity contribution < 1.29 is 4.79 Å². The number of nitrogens with one attached hydrogen (secondary N) is 1. The number of amides is 1. The molecule has 0 saturated heterocycles. The molecule has 1 aromatic carbocycles. The quantitative estimate of drug-likeness (QED) is 0.304. The van der Waals surface area contributed by atoms with Gasteiger partial charge in [0.1, 0.15) is 0 Å². The molecule has 43 heavy (non-hydrogen) atoms. The summed E-state index contributed by atoms with van der Waals surface area (Å²) in [5.41, 5.74) is 5.66. The van der Waals surface area contributed by atoms with E-state index >= 15 is 0 Å². The van der Waals surface area contributed by atoms with Gasteiger partial charge in [-0.1, -0.05) is 30.2 Å². The molecule has 11 nitrogen and oxygen atoms in total. The van der Waals surface area contributed by atoms with Gasteiger partial charge in [0.2, 0.25) is 5.91 Å². The number of halogens is 1. The Morgan fingerprint density at radius 2 is 1.86 bits per heavy atom. The Morgan fingerprint density at radius 3 is 2.67 bits per heavy atom. The first kappa shape index (κ1) is 27.2. The fourth-order valence-corrected chi connectivity index (χ4v) is 5.92. The zero-order chi connectivity index (χ0) is 29.7. The van der Waals surface area contributed by atoms with Crippen LogP contribution in [0.4, 0.5) is 5.69 Å². The minimum atomic E-state index is -0.379. The highest BCUT2D eigenvalue weighted by Gasteiger charge is 2.27.